The summed E-state index contributed by atoms with van der Waals surface area (Å²) in [5.41, 5.74) is 2.00. The van der Waals surface area contributed by atoms with E-state index in [-0.39, 0.29) is 23.0 Å². The van der Waals surface area contributed by atoms with Crippen LogP contribution in [-0.4, -0.2) is 55.6 Å². The van der Waals surface area contributed by atoms with Crippen LogP contribution >= 0.6 is 0 Å². The normalized spacial score (nSPS) is 15.2. The zero-order valence-corrected chi connectivity index (χ0v) is 22.8. The maximum atomic E-state index is 15.4. The molecule has 3 aromatic carbocycles. The molecule has 4 aromatic rings. The molecule has 0 unspecified atom stereocenters. The van der Waals surface area contributed by atoms with Crippen molar-refractivity contribution in [2.45, 2.75) is 32.2 Å². The molecule has 1 aliphatic heterocycles. The largest absolute Gasteiger partial charge is 0.465 e. The maximum Gasteiger partial charge on any atom is 0.405 e. The number of amides is 2. The SMILES string of the molecule is Cn1nnc2cc(-c3ccc(C(=O)N4CC[C@@H](CC(C)(C)NC(=O)O)C4)cc3-c3ccc(C#N)c(F)c3)c(F)cc21. The highest BCUT2D eigenvalue weighted by atomic mass is 19.1. The maximum absolute atomic E-state index is 15.4. The number of hydrogen-bond donors (Lipinski definition) is 2. The van der Waals surface area contributed by atoms with Gasteiger partial charge in [-0.3, -0.25) is 4.79 Å². The van der Waals surface area contributed by atoms with Crippen molar-refractivity contribution >= 4 is 23.0 Å². The molecule has 0 bridgehead atoms. The average Bonchev–Trinajstić information content (AvgIpc) is 3.52. The summed E-state index contributed by atoms with van der Waals surface area (Å²) in [4.78, 5) is 26.4. The molecule has 2 heterocycles. The number of aromatic nitrogens is 3. The predicted molar refractivity (Wildman–Crippen MR) is 148 cm³/mol. The summed E-state index contributed by atoms with van der Waals surface area (Å²) in [6.07, 6.45) is 0.204. The lowest BCUT2D eigenvalue weighted by Gasteiger charge is -2.28. The van der Waals surface area contributed by atoms with Crippen molar-refractivity contribution in [2.75, 3.05) is 13.1 Å². The first-order chi connectivity index (χ1) is 19.5. The van der Waals surface area contributed by atoms with Gasteiger partial charge in [0, 0.05) is 42.9 Å². The third-order valence-electron chi connectivity index (χ3n) is 7.47. The van der Waals surface area contributed by atoms with Gasteiger partial charge >= 0.3 is 6.09 Å². The molecule has 0 saturated carbocycles. The van der Waals surface area contributed by atoms with Gasteiger partial charge < -0.3 is 15.3 Å². The van der Waals surface area contributed by atoms with Gasteiger partial charge in [0.05, 0.1) is 11.1 Å². The number of carbonyl (C=O) groups excluding carboxylic acids is 1. The van der Waals surface area contributed by atoms with E-state index in [0.717, 1.165) is 6.42 Å². The smallest absolute Gasteiger partial charge is 0.405 e. The number of nitriles is 1. The van der Waals surface area contributed by atoms with Crippen LogP contribution in [0.5, 0.6) is 0 Å². The Morgan fingerprint density at radius 1 is 1.10 bits per heavy atom. The summed E-state index contributed by atoms with van der Waals surface area (Å²) >= 11 is 0. The van der Waals surface area contributed by atoms with Gasteiger partial charge in [0.2, 0.25) is 0 Å². The van der Waals surface area contributed by atoms with Gasteiger partial charge in [-0.1, -0.05) is 17.3 Å². The van der Waals surface area contributed by atoms with Gasteiger partial charge in [-0.15, -0.1) is 5.10 Å². The average molecular weight is 559 g/mol. The van der Waals surface area contributed by atoms with Crippen LogP contribution in [0, 0.1) is 28.9 Å². The Morgan fingerprint density at radius 2 is 1.88 bits per heavy atom. The van der Waals surface area contributed by atoms with Crippen LogP contribution in [0.3, 0.4) is 0 Å². The van der Waals surface area contributed by atoms with Crippen LogP contribution in [0.2, 0.25) is 0 Å². The second kappa shape index (κ2) is 10.6. The van der Waals surface area contributed by atoms with Crippen molar-refractivity contribution in [1.29, 1.82) is 5.26 Å². The lowest BCUT2D eigenvalue weighted by Crippen LogP contribution is -2.44. The van der Waals surface area contributed by atoms with Crippen molar-refractivity contribution in [3.8, 4) is 28.3 Å². The molecule has 2 amide bonds. The van der Waals surface area contributed by atoms with E-state index in [2.05, 4.69) is 15.6 Å². The van der Waals surface area contributed by atoms with E-state index in [1.54, 1.807) is 48.3 Å². The van der Waals surface area contributed by atoms with Gasteiger partial charge in [0.15, 0.2) is 0 Å². The number of hydrogen-bond acceptors (Lipinski definition) is 5. The molecule has 1 fully saturated rings. The van der Waals surface area contributed by atoms with E-state index in [1.807, 2.05) is 13.8 Å². The Morgan fingerprint density at radius 3 is 2.59 bits per heavy atom. The molecule has 1 aliphatic rings. The van der Waals surface area contributed by atoms with Crippen molar-refractivity contribution < 1.29 is 23.5 Å². The Hall–Kier alpha value is -4.85. The summed E-state index contributed by atoms with van der Waals surface area (Å²) in [6.45, 7) is 4.59. The topological polar surface area (TPSA) is 124 Å². The Balaban J connectivity index is 1.52. The van der Waals surface area contributed by atoms with Crippen molar-refractivity contribution in [3.63, 3.8) is 0 Å². The quantitative estimate of drug-likeness (QED) is 0.329. The molecule has 0 radical (unpaired) electrons. The number of carboxylic acid groups (broad SMARTS) is 1. The van der Waals surface area contributed by atoms with Crippen LogP contribution < -0.4 is 5.32 Å². The van der Waals surface area contributed by atoms with Gasteiger partial charge in [0.25, 0.3) is 5.91 Å². The minimum atomic E-state index is -1.09. The highest BCUT2D eigenvalue weighted by Crippen LogP contribution is 2.37. The molecule has 1 atom stereocenters. The standard InChI is InChI=1S/C30H28F2N6O3/c1-30(2,34-29(40)41)14-17-8-9-38(16-17)28(39)19-6-7-21(22(10-19)18-4-5-20(15-33)24(31)11-18)23-12-26-27(13-25(23)32)37(3)36-35-26/h4-7,10-13,17,34H,8-9,14,16H2,1-3H3,(H,40,41)/t17-/m0/s1. The number of aryl methyl sites for hydroxylation is 1. The molecule has 0 aliphatic carbocycles. The summed E-state index contributed by atoms with van der Waals surface area (Å²) in [6, 6.07) is 13.7. The van der Waals surface area contributed by atoms with Gasteiger partial charge in [-0.25, -0.2) is 18.3 Å². The first-order valence-electron chi connectivity index (χ1n) is 13.1. The van der Waals surface area contributed by atoms with Crippen molar-refractivity contribution in [3.05, 3.63) is 71.3 Å². The first kappa shape index (κ1) is 27.7. The monoisotopic (exact) mass is 558 g/mol. The Bertz CT molecular complexity index is 1730. The lowest BCUT2D eigenvalue weighted by molar-refractivity contribution is 0.0783. The van der Waals surface area contributed by atoms with Crippen molar-refractivity contribution in [1.82, 2.24) is 25.2 Å². The molecular weight excluding hydrogens is 530 g/mol. The van der Waals surface area contributed by atoms with E-state index >= 15 is 4.39 Å². The number of fused-ring (bicyclic) bond motifs is 1. The molecule has 210 valence electrons. The lowest BCUT2D eigenvalue weighted by atomic mass is 9.90. The van der Waals surface area contributed by atoms with Gasteiger partial charge in [-0.2, -0.15) is 5.26 Å². The first-order valence-corrected chi connectivity index (χ1v) is 13.1. The minimum absolute atomic E-state index is 0.111. The van der Waals surface area contributed by atoms with E-state index in [0.29, 0.717) is 52.8 Å². The second-order valence-electron chi connectivity index (χ2n) is 11.0. The molecule has 5 rings (SSSR count). The van der Waals surface area contributed by atoms with Crippen LogP contribution in [0.15, 0.2) is 48.5 Å². The third-order valence-corrected chi connectivity index (χ3v) is 7.47. The number of rotatable bonds is 6. The molecule has 1 aromatic heterocycles. The van der Waals surface area contributed by atoms with Gasteiger partial charge in [0.1, 0.15) is 23.2 Å². The molecule has 11 heteroatoms. The van der Waals surface area contributed by atoms with E-state index in [9.17, 15) is 19.2 Å². The summed E-state index contributed by atoms with van der Waals surface area (Å²) < 4.78 is 31.6. The fraction of sp³-hybridized carbons (Fsp3) is 0.300. The van der Waals surface area contributed by atoms with E-state index in [1.165, 1.54) is 22.9 Å². The zero-order chi connectivity index (χ0) is 29.5. The number of nitrogens with one attached hydrogen (secondary N) is 1. The number of likely N-dealkylation sites (tertiary alicyclic amines) is 1. The number of carbonyl (C=O) groups is 2. The number of nitrogens with zero attached hydrogens (tertiary/aromatic N) is 5. The summed E-state index contributed by atoms with van der Waals surface area (Å²) in [5, 5.41) is 28.8. The molecule has 1 saturated heterocycles. The van der Waals surface area contributed by atoms with E-state index in [4.69, 9.17) is 5.11 Å². The molecule has 2 N–H and O–H groups in total. The fourth-order valence-electron chi connectivity index (χ4n) is 5.61. The third kappa shape index (κ3) is 5.59. The zero-order valence-electron chi connectivity index (χ0n) is 22.8. The molecule has 0 spiro atoms. The molecular formula is C30H28F2N6O3. The summed E-state index contributed by atoms with van der Waals surface area (Å²) in [5.74, 6) is -1.38. The van der Waals surface area contributed by atoms with Crippen LogP contribution in [0.1, 0.15) is 42.6 Å². The van der Waals surface area contributed by atoms with Crippen LogP contribution in [-0.2, 0) is 7.05 Å². The Labute approximate surface area is 235 Å². The van der Waals surface area contributed by atoms with Crippen molar-refractivity contribution in [2.24, 2.45) is 13.0 Å². The fourth-order valence-corrected chi connectivity index (χ4v) is 5.61. The molecule has 9 nitrogen and oxygen atoms in total. The van der Waals surface area contributed by atoms with Crippen LogP contribution in [0.25, 0.3) is 33.3 Å². The van der Waals surface area contributed by atoms with E-state index < -0.39 is 23.3 Å². The second-order valence-corrected chi connectivity index (χ2v) is 11.0. The Kier molecular flexibility index (Phi) is 7.17. The highest BCUT2D eigenvalue weighted by molar-refractivity contribution is 5.98. The number of benzene rings is 3. The predicted octanol–water partition coefficient (Wildman–Crippen LogP) is 5.35. The highest BCUT2D eigenvalue weighted by Gasteiger charge is 2.32. The molecule has 41 heavy (non-hydrogen) atoms. The number of halogens is 2. The minimum Gasteiger partial charge on any atom is -0.465 e. The summed E-state index contributed by atoms with van der Waals surface area (Å²) in [7, 11) is 1.66. The van der Waals surface area contributed by atoms with Crippen LogP contribution in [0.4, 0.5) is 13.6 Å². The van der Waals surface area contributed by atoms with Gasteiger partial charge in [-0.05, 0) is 79.6 Å².